The summed E-state index contributed by atoms with van der Waals surface area (Å²) in [5.74, 6) is -0.344. The number of carbonyl (C=O) groups is 2. The van der Waals surface area contributed by atoms with Crippen LogP contribution in [0.25, 0.3) is 16.8 Å². The fourth-order valence-electron chi connectivity index (χ4n) is 2.07. The number of urea groups is 1. The van der Waals surface area contributed by atoms with Crippen molar-refractivity contribution in [3.05, 3.63) is 47.5 Å². The third-order valence-corrected chi connectivity index (χ3v) is 3.04. The van der Waals surface area contributed by atoms with Gasteiger partial charge in [0.15, 0.2) is 0 Å². The smallest absolute Gasteiger partial charge is 0.319 e. The lowest BCUT2D eigenvalue weighted by molar-refractivity contribution is -0.115. The molecule has 0 bridgehead atoms. The molecule has 2 aromatic rings. The van der Waals surface area contributed by atoms with Crippen molar-refractivity contribution < 1.29 is 14.3 Å². The van der Waals surface area contributed by atoms with Crippen LogP contribution < -0.4 is 15.8 Å². The molecule has 3 amide bonds. The number of hydrogen-bond donors (Lipinski definition) is 2. The predicted octanol–water partition coefficient (Wildman–Crippen LogP) is 1.95. The highest BCUT2D eigenvalue weighted by Crippen LogP contribution is 2.30. The molecule has 3 N–H and O–H groups in total. The van der Waals surface area contributed by atoms with E-state index in [0.717, 1.165) is 10.8 Å². The molecule has 0 spiro atoms. The number of methoxy groups -OCH3 is 1. The van der Waals surface area contributed by atoms with Gasteiger partial charge in [0, 0.05) is 5.56 Å². The molecule has 2 rings (SSSR count). The molecule has 0 atom stereocenters. The van der Waals surface area contributed by atoms with Gasteiger partial charge >= 0.3 is 6.03 Å². The standard InChI is InChI=1S/C16H13N3O3/c1-22-14-7-6-10-4-2-3-5-12(10)13(14)8-11(9-17)15(20)19-16(18)21/h2-8H,1H3,(H3,18,19,20,21)/b11-8+. The quantitative estimate of drug-likeness (QED) is 0.666. The second-order valence-electron chi connectivity index (χ2n) is 4.39. The van der Waals surface area contributed by atoms with Crippen LogP contribution in [0.5, 0.6) is 5.75 Å². The normalized spacial score (nSPS) is 10.8. The molecule has 0 heterocycles. The summed E-state index contributed by atoms with van der Waals surface area (Å²) >= 11 is 0. The maximum absolute atomic E-state index is 11.8. The Hall–Kier alpha value is -3.33. The Balaban J connectivity index is 2.62. The van der Waals surface area contributed by atoms with Gasteiger partial charge in [-0.15, -0.1) is 0 Å². The number of nitrogens with one attached hydrogen (secondary N) is 1. The van der Waals surface area contributed by atoms with Gasteiger partial charge in [0.05, 0.1) is 7.11 Å². The van der Waals surface area contributed by atoms with Crippen molar-refractivity contribution in [2.24, 2.45) is 5.73 Å². The molecule has 0 aliphatic heterocycles. The van der Waals surface area contributed by atoms with Crippen LogP contribution in [0.1, 0.15) is 5.56 Å². The van der Waals surface area contributed by atoms with E-state index in [9.17, 15) is 9.59 Å². The second-order valence-corrected chi connectivity index (χ2v) is 4.39. The second kappa shape index (κ2) is 6.41. The van der Waals surface area contributed by atoms with Crippen molar-refractivity contribution >= 4 is 28.8 Å². The van der Waals surface area contributed by atoms with Crippen molar-refractivity contribution in [3.8, 4) is 11.8 Å². The van der Waals surface area contributed by atoms with Gasteiger partial charge in [-0.1, -0.05) is 30.3 Å². The molecule has 0 aromatic heterocycles. The molecule has 6 nitrogen and oxygen atoms in total. The largest absolute Gasteiger partial charge is 0.496 e. The van der Waals surface area contributed by atoms with E-state index >= 15 is 0 Å². The molecule has 0 fully saturated rings. The first-order valence-electron chi connectivity index (χ1n) is 6.35. The van der Waals surface area contributed by atoms with E-state index in [1.165, 1.54) is 13.2 Å². The summed E-state index contributed by atoms with van der Waals surface area (Å²) in [6.45, 7) is 0. The average Bonchev–Trinajstić information content (AvgIpc) is 2.51. The Morgan fingerprint density at radius 1 is 1.27 bits per heavy atom. The van der Waals surface area contributed by atoms with Crippen LogP contribution >= 0.6 is 0 Å². The first-order chi connectivity index (χ1) is 10.6. The van der Waals surface area contributed by atoms with Crippen molar-refractivity contribution in [3.63, 3.8) is 0 Å². The van der Waals surface area contributed by atoms with E-state index in [4.69, 9.17) is 15.7 Å². The Labute approximate surface area is 126 Å². The molecule has 22 heavy (non-hydrogen) atoms. The minimum absolute atomic E-state index is 0.242. The number of rotatable bonds is 3. The number of carbonyl (C=O) groups excluding carboxylic acids is 2. The van der Waals surface area contributed by atoms with Crippen molar-refractivity contribution in [1.82, 2.24) is 5.32 Å². The molecular weight excluding hydrogens is 282 g/mol. The summed E-state index contributed by atoms with van der Waals surface area (Å²) in [6.07, 6.45) is 1.37. The number of hydrogen-bond acceptors (Lipinski definition) is 4. The number of nitrogens with zero attached hydrogens (tertiary/aromatic N) is 1. The number of ether oxygens (including phenoxy) is 1. The van der Waals surface area contributed by atoms with Crippen LogP contribution in [0.4, 0.5) is 4.79 Å². The van der Waals surface area contributed by atoms with Crippen LogP contribution in [0, 0.1) is 11.3 Å². The summed E-state index contributed by atoms with van der Waals surface area (Å²) in [7, 11) is 1.50. The zero-order valence-corrected chi connectivity index (χ0v) is 11.8. The Kier molecular flexibility index (Phi) is 4.39. The maximum atomic E-state index is 11.8. The molecule has 0 aliphatic rings. The van der Waals surface area contributed by atoms with Crippen LogP contribution in [0.15, 0.2) is 42.0 Å². The molecule has 0 saturated carbocycles. The first kappa shape index (κ1) is 15.1. The zero-order chi connectivity index (χ0) is 16.1. The van der Waals surface area contributed by atoms with Crippen LogP contribution in [0.3, 0.4) is 0 Å². The third kappa shape index (κ3) is 3.04. The fraction of sp³-hybridized carbons (Fsp3) is 0.0625. The van der Waals surface area contributed by atoms with Gasteiger partial charge in [0.25, 0.3) is 5.91 Å². The van der Waals surface area contributed by atoms with Gasteiger partial charge in [-0.2, -0.15) is 5.26 Å². The number of benzene rings is 2. The highest BCUT2D eigenvalue weighted by Gasteiger charge is 2.14. The van der Waals surface area contributed by atoms with Crippen molar-refractivity contribution in [2.45, 2.75) is 0 Å². The van der Waals surface area contributed by atoms with E-state index in [2.05, 4.69) is 0 Å². The van der Waals surface area contributed by atoms with Gasteiger partial charge in [-0.25, -0.2) is 4.79 Å². The Morgan fingerprint density at radius 3 is 2.64 bits per heavy atom. The summed E-state index contributed by atoms with van der Waals surface area (Å²) in [5.41, 5.74) is 5.23. The van der Waals surface area contributed by atoms with Gasteiger partial charge in [-0.3, -0.25) is 10.1 Å². The molecule has 0 radical (unpaired) electrons. The lowest BCUT2D eigenvalue weighted by Gasteiger charge is -2.09. The number of fused-ring (bicyclic) bond motifs is 1. The fourth-order valence-corrected chi connectivity index (χ4v) is 2.07. The van der Waals surface area contributed by atoms with Crippen molar-refractivity contribution in [1.29, 1.82) is 5.26 Å². The summed E-state index contributed by atoms with van der Waals surface area (Å²) in [4.78, 5) is 22.5. The van der Waals surface area contributed by atoms with Crippen molar-refractivity contribution in [2.75, 3.05) is 7.11 Å². The highest BCUT2D eigenvalue weighted by molar-refractivity contribution is 6.10. The van der Waals surface area contributed by atoms with E-state index in [-0.39, 0.29) is 5.57 Å². The van der Waals surface area contributed by atoms with Gasteiger partial charge < -0.3 is 10.5 Å². The SMILES string of the molecule is COc1ccc2ccccc2c1/C=C(\C#N)C(=O)NC(N)=O. The number of nitrogens with two attached hydrogens (primary N) is 1. The van der Waals surface area contributed by atoms with Gasteiger partial charge in [0.2, 0.25) is 0 Å². The topological polar surface area (TPSA) is 105 Å². The van der Waals surface area contributed by atoms with Gasteiger partial charge in [0.1, 0.15) is 17.4 Å². The van der Waals surface area contributed by atoms with E-state index < -0.39 is 11.9 Å². The first-order valence-corrected chi connectivity index (χ1v) is 6.35. The molecule has 0 aliphatic carbocycles. The zero-order valence-electron chi connectivity index (χ0n) is 11.8. The summed E-state index contributed by atoms with van der Waals surface area (Å²) < 4.78 is 5.28. The van der Waals surface area contributed by atoms with E-state index in [1.807, 2.05) is 35.6 Å². The summed E-state index contributed by atoms with van der Waals surface area (Å²) in [6, 6.07) is 11.8. The molecule has 6 heteroatoms. The lowest BCUT2D eigenvalue weighted by Crippen LogP contribution is -2.35. The molecule has 0 unspecified atom stereocenters. The number of amides is 3. The molecule has 0 saturated heterocycles. The molecule has 2 aromatic carbocycles. The van der Waals surface area contributed by atoms with E-state index in [1.54, 1.807) is 12.1 Å². The predicted molar refractivity (Wildman–Crippen MR) is 81.8 cm³/mol. The monoisotopic (exact) mass is 295 g/mol. The maximum Gasteiger partial charge on any atom is 0.319 e. The Bertz CT molecular complexity index is 819. The average molecular weight is 295 g/mol. The number of primary amides is 1. The minimum atomic E-state index is -1.02. The number of nitriles is 1. The lowest BCUT2D eigenvalue weighted by atomic mass is 10.0. The van der Waals surface area contributed by atoms with Crippen LogP contribution in [-0.4, -0.2) is 19.0 Å². The molecular formula is C16H13N3O3. The highest BCUT2D eigenvalue weighted by atomic mass is 16.5. The van der Waals surface area contributed by atoms with Gasteiger partial charge in [-0.05, 0) is 22.9 Å². The Morgan fingerprint density at radius 2 is 2.00 bits per heavy atom. The third-order valence-electron chi connectivity index (χ3n) is 3.04. The summed E-state index contributed by atoms with van der Waals surface area (Å²) in [5, 5.41) is 12.8. The number of imide groups is 1. The van der Waals surface area contributed by atoms with Crippen LogP contribution in [-0.2, 0) is 4.79 Å². The van der Waals surface area contributed by atoms with E-state index in [0.29, 0.717) is 11.3 Å². The minimum Gasteiger partial charge on any atom is -0.496 e. The van der Waals surface area contributed by atoms with Crippen LogP contribution in [0.2, 0.25) is 0 Å². The molecule has 110 valence electrons.